The van der Waals surface area contributed by atoms with Gasteiger partial charge in [-0.15, -0.1) is 0 Å². The molecule has 0 amide bonds. The molecule has 0 aliphatic heterocycles. The highest BCUT2D eigenvalue weighted by Gasteiger charge is 2.15. The van der Waals surface area contributed by atoms with Crippen molar-refractivity contribution >= 4 is 22.8 Å². The number of hydrogen-bond donors (Lipinski definition) is 0. The Labute approximate surface area is 154 Å². The van der Waals surface area contributed by atoms with Crippen LogP contribution in [0.25, 0.3) is 22.7 Å². The molecule has 0 atom stereocenters. The van der Waals surface area contributed by atoms with Gasteiger partial charge in [0.25, 0.3) is 5.56 Å². The first kappa shape index (κ1) is 18.6. The fraction of sp³-hybridized carbons (Fsp3) is 0.190. The Morgan fingerprint density at radius 1 is 1.22 bits per heavy atom. The summed E-state index contributed by atoms with van der Waals surface area (Å²) in [6.07, 6.45) is 3.01. The van der Waals surface area contributed by atoms with Crippen molar-refractivity contribution in [2.75, 3.05) is 0 Å². The molecule has 0 fully saturated rings. The lowest BCUT2D eigenvalue weighted by molar-refractivity contribution is -0.112. The number of nitrogens with zero attached hydrogens (tertiary/aromatic N) is 2. The van der Waals surface area contributed by atoms with Gasteiger partial charge in [0, 0.05) is 18.1 Å². The van der Waals surface area contributed by atoms with Gasteiger partial charge in [0.05, 0.1) is 16.6 Å². The summed E-state index contributed by atoms with van der Waals surface area (Å²) in [5, 5.41) is 0.223. The van der Waals surface area contributed by atoms with Crippen LogP contribution in [0.4, 0.5) is 8.78 Å². The lowest BCUT2D eigenvalue weighted by Gasteiger charge is -2.15. The Bertz CT molecular complexity index is 1150. The highest BCUT2D eigenvalue weighted by atomic mass is 19.1. The van der Waals surface area contributed by atoms with Gasteiger partial charge in [-0.25, -0.2) is 13.8 Å². The fourth-order valence-electron chi connectivity index (χ4n) is 2.96. The number of hydrogen-bond acceptors (Lipinski definition) is 3. The van der Waals surface area contributed by atoms with Crippen molar-refractivity contribution in [1.29, 1.82) is 0 Å². The third-order valence-electron chi connectivity index (χ3n) is 4.27. The molecule has 0 saturated heterocycles. The van der Waals surface area contributed by atoms with E-state index in [9.17, 15) is 18.4 Å². The first-order valence-corrected chi connectivity index (χ1v) is 8.52. The van der Waals surface area contributed by atoms with E-state index >= 15 is 0 Å². The molecule has 6 heteroatoms. The van der Waals surface area contributed by atoms with Gasteiger partial charge in [-0.2, -0.15) is 0 Å². The van der Waals surface area contributed by atoms with Gasteiger partial charge < -0.3 is 0 Å². The van der Waals surface area contributed by atoms with E-state index in [1.165, 1.54) is 54.0 Å². The smallest absolute Gasteiger partial charge is 0.266 e. The number of aryl methyl sites for hydroxylation is 2. The summed E-state index contributed by atoms with van der Waals surface area (Å²) in [4.78, 5) is 28.7. The maximum atomic E-state index is 14.3. The summed E-state index contributed by atoms with van der Waals surface area (Å²) < 4.78 is 29.2. The van der Waals surface area contributed by atoms with Gasteiger partial charge in [-0.1, -0.05) is 6.92 Å². The van der Waals surface area contributed by atoms with Crippen LogP contribution in [0, 0.1) is 18.6 Å². The molecule has 0 unspecified atom stereocenters. The highest BCUT2D eigenvalue weighted by Crippen LogP contribution is 2.21. The molecular formula is C21H18F2N2O2. The van der Waals surface area contributed by atoms with E-state index < -0.39 is 11.6 Å². The number of carbonyl (C=O) groups excluding carboxylic acids is 1. The number of fused-ring (bicyclic) bond motifs is 1. The first-order chi connectivity index (χ1) is 12.8. The Balaban J connectivity index is 2.34. The lowest BCUT2D eigenvalue weighted by atomic mass is 10.1. The average Bonchev–Trinajstić information content (AvgIpc) is 2.61. The monoisotopic (exact) mass is 368 g/mol. The molecule has 2 aromatic carbocycles. The molecule has 3 aromatic rings. The van der Waals surface area contributed by atoms with Crippen molar-refractivity contribution in [3.05, 3.63) is 75.3 Å². The quantitative estimate of drug-likeness (QED) is 0.651. The van der Waals surface area contributed by atoms with Gasteiger partial charge in [0.15, 0.2) is 5.78 Å². The predicted octanol–water partition coefficient (Wildman–Crippen LogP) is 4.14. The molecule has 0 saturated carbocycles. The number of ketones is 1. The molecule has 1 heterocycles. The number of allylic oxidation sites excluding steroid dienone is 1. The van der Waals surface area contributed by atoms with Crippen LogP contribution in [0.15, 0.2) is 41.2 Å². The van der Waals surface area contributed by atoms with Crippen molar-refractivity contribution < 1.29 is 13.6 Å². The molecule has 0 radical (unpaired) electrons. The standard InChI is InChI=1S/C21H18F2N2O2/c1-4-20-24-18-11-17(23)14(6-5-13(3)26)10-16(18)21(27)25(20)19-8-7-15(22)9-12(19)2/h5-11H,4H2,1-3H3/b6-5+. The molecule has 1 aromatic heterocycles. The molecule has 0 N–H and O–H groups in total. The van der Waals surface area contributed by atoms with E-state index in [2.05, 4.69) is 4.98 Å². The minimum atomic E-state index is -0.565. The number of benzene rings is 2. The summed E-state index contributed by atoms with van der Waals surface area (Å²) in [6.45, 7) is 4.90. The van der Waals surface area contributed by atoms with Crippen LogP contribution in [0.2, 0.25) is 0 Å². The molecule has 0 spiro atoms. The third-order valence-corrected chi connectivity index (χ3v) is 4.27. The Morgan fingerprint density at radius 2 is 1.96 bits per heavy atom. The van der Waals surface area contributed by atoms with Crippen molar-refractivity contribution in [2.24, 2.45) is 0 Å². The Hall–Kier alpha value is -3.15. The second-order valence-corrected chi connectivity index (χ2v) is 6.29. The number of carbonyl (C=O) groups is 1. The zero-order valence-corrected chi connectivity index (χ0v) is 15.2. The van der Waals surface area contributed by atoms with E-state index in [0.717, 1.165) is 0 Å². The van der Waals surface area contributed by atoms with Gasteiger partial charge in [-0.05, 0) is 55.8 Å². The van der Waals surface area contributed by atoms with E-state index in [4.69, 9.17) is 0 Å². The van der Waals surface area contributed by atoms with Gasteiger partial charge in [0.2, 0.25) is 0 Å². The number of rotatable bonds is 4. The highest BCUT2D eigenvalue weighted by molar-refractivity contribution is 5.92. The molecular weight excluding hydrogens is 350 g/mol. The van der Waals surface area contributed by atoms with E-state index in [1.54, 1.807) is 6.92 Å². The minimum absolute atomic E-state index is 0.128. The van der Waals surface area contributed by atoms with Crippen LogP contribution in [0.5, 0.6) is 0 Å². The van der Waals surface area contributed by atoms with Gasteiger partial charge in [0.1, 0.15) is 17.5 Å². The van der Waals surface area contributed by atoms with Crippen LogP contribution < -0.4 is 5.56 Å². The average molecular weight is 368 g/mol. The summed E-state index contributed by atoms with van der Waals surface area (Å²) in [5.41, 5.74) is 1.11. The second kappa shape index (κ2) is 7.23. The molecule has 0 aliphatic carbocycles. The normalized spacial score (nSPS) is 11.4. The van der Waals surface area contributed by atoms with Crippen molar-refractivity contribution in [2.45, 2.75) is 27.2 Å². The molecule has 138 valence electrons. The molecule has 27 heavy (non-hydrogen) atoms. The Kier molecular flexibility index (Phi) is 4.99. The van der Waals surface area contributed by atoms with Crippen LogP contribution in [0.3, 0.4) is 0 Å². The number of aromatic nitrogens is 2. The molecule has 3 rings (SSSR count). The second-order valence-electron chi connectivity index (χ2n) is 6.29. The van der Waals surface area contributed by atoms with E-state index in [0.29, 0.717) is 23.5 Å². The minimum Gasteiger partial charge on any atom is -0.295 e. The van der Waals surface area contributed by atoms with E-state index in [1.807, 2.05) is 6.92 Å². The topological polar surface area (TPSA) is 52.0 Å². The van der Waals surface area contributed by atoms with Crippen molar-refractivity contribution in [3.8, 4) is 5.69 Å². The molecule has 0 bridgehead atoms. The predicted molar refractivity (Wildman–Crippen MR) is 101 cm³/mol. The van der Waals surface area contributed by atoms with Crippen LogP contribution in [0.1, 0.15) is 30.8 Å². The summed E-state index contributed by atoms with van der Waals surface area (Å²) in [5.74, 6) is -0.735. The summed E-state index contributed by atoms with van der Waals surface area (Å²) >= 11 is 0. The molecule has 4 nitrogen and oxygen atoms in total. The zero-order chi connectivity index (χ0) is 19.7. The van der Waals surface area contributed by atoms with Gasteiger partial charge >= 0.3 is 0 Å². The maximum absolute atomic E-state index is 14.3. The summed E-state index contributed by atoms with van der Waals surface area (Å²) in [7, 11) is 0. The number of halogens is 2. The maximum Gasteiger partial charge on any atom is 0.266 e. The Morgan fingerprint density at radius 3 is 2.59 bits per heavy atom. The van der Waals surface area contributed by atoms with Crippen LogP contribution in [-0.4, -0.2) is 15.3 Å². The van der Waals surface area contributed by atoms with Gasteiger partial charge in [-0.3, -0.25) is 14.2 Å². The van der Waals surface area contributed by atoms with Crippen LogP contribution >= 0.6 is 0 Å². The molecule has 0 aliphatic rings. The zero-order valence-electron chi connectivity index (χ0n) is 15.2. The largest absolute Gasteiger partial charge is 0.295 e. The lowest BCUT2D eigenvalue weighted by Crippen LogP contribution is -2.24. The van der Waals surface area contributed by atoms with Crippen LogP contribution in [-0.2, 0) is 11.2 Å². The summed E-state index contributed by atoms with van der Waals surface area (Å²) in [6, 6.07) is 6.73. The van der Waals surface area contributed by atoms with Crippen molar-refractivity contribution in [1.82, 2.24) is 9.55 Å². The van der Waals surface area contributed by atoms with E-state index in [-0.39, 0.29) is 27.8 Å². The fourth-order valence-corrected chi connectivity index (χ4v) is 2.96. The third kappa shape index (κ3) is 3.56. The van der Waals surface area contributed by atoms with Crippen molar-refractivity contribution in [3.63, 3.8) is 0 Å². The first-order valence-electron chi connectivity index (χ1n) is 8.52. The SMILES string of the molecule is CCc1nc2cc(F)c(/C=C/C(C)=O)cc2c(=O)n1-c1ccc(F)cc1C.